The Bertz CT molecular complexity index is 1290. The van der Waals surface area contributed by atoms with Gasteiger partial charge in [0, 0.05) is 27.8 Å². The van der Waals surface area contributed by atoms with Gasteiger partial charge in [-0.05, 0) is 18.2 Å². The highest BCUT2D eigenvalue weighted by molar-refractivity contribution is 6.05. The van der Waals surface area contributed by atoms with Crippen molar-refractivity contribution in [3.8, 4) is 22.8 Å². The Labute approximate surface area is 162 Å². The first-order valence-corrected chi connectivity index (χ1v) is 9.42. The average molecular weight is 365 g/mol. The van der Waals surface area contributed by atoms with Crippen molar-refractivity contribution in [3.63, 3.8) is 0 Å². The molecule has 5 aromatic rings. The lowest BCUT2D eigenvalue weighted by atomic mass is 10.1. The Morgan fingerprint density at radius 2 is 1.32 bits per heavy atom. The van der Waals surface area contributed by atoms with E-state index in [4.69, 9.17) is 14.4 Å². The highest BCUT2D eigenvalue weighted by Gasteiger charge is 2.14. The fraction of sp³-hybridized carbons (Fsp3) is 0.125. The predicted octanol–water partition coefficient (Wildman–Crippen LogP) is 6.23. The van der Waals surface area contributed by atoms with Gasteiger partial charge < -0.3 is 4.42 Å². The summed E-state index contributed by atoms with van der Waals surface area (Å²) in [5.74, 6) is 2.35. The molecular formula is C24H19N3O. The molecule has 4 heteroatoms. The van der Waals surface area contributed by atoms with Crippen molar-refractivity contribution in [2.45, 2.75) is 19.8 Å². The van der Waals surface area contributed by atoms with Crippen molar-refractivity contribution in [3.05, 3.63) is 78.6 Å². The second-order valence-electron chi connectivity index (χ2n) is 7.17. The molecule has 0 N–H and O–H groups in total. The zero-order valence-corrected chi connectivity index (χ0v) is 15.8. The van der Waals surface area contributed by atoms with E-state index in [0.29, 0.717) is 11.6 Å². The Morgan fingerprint density at radius 3 is 2.11 bits per heavy atom. The van der Waals surface area contributed by atoms with Crippen LogP contribution in [0.5, 0.6) is 0 Å². The summed E-state index contributed by atoms with van der Waals surface area (Å²) in [5.41, 5.74) is 3.63. The quantitative estimate of drug-likeness (QED) is 0.380. The average Bonchev–Trinajstić information content (AvgIpc) is 3.12. The van der Waals surface area contributed by atoms with Gasteiger partial charge in [-0.1, -0.05) is 68.4 Å². The van der Waals surface area contributed by atoms with Crippen molar-refractivity contribution < 1.29 is 4.42 Å². The van der Waals surface area contributed by atoms with Crippen molar-refractivity contribution >= 4 is 21.9 Å². The molecule has 0 atom stereocenters. The number of aromatic nitrogens is 3. The number of nitrogens with zero attached hydrogens (tertiary/aromatic N) is 3. The van der Waals surface area contributed by atoms with Crippen LogP contribution in [0.25, 0.3) is 44.7 Å². The Hall–Kier alpha value is -3.53. The molecule has 0 aliphatic carbocycles. The van der Waals surface area contributed by atoms with E-state index < -0.39 is 0 Å². The molecule has 0 fully saturated rings. The van der Waals surface area contributed by atoms with Gasteiger partial charge in [0.25, 0.3) is 0 Å². The van der Waals surface area contributed by atoms with Gasteiger partial charge in [-0.2, -0.15) is 0 Å². The summed E-state index contributed by atoms with van der Waals surface area (Å²) in [7, 11) is 0. The molecule has 0 unspecified atom stereocenters. The molecule has 2 heterocycles. The number of para-hydroxylation sites is 1. The molecule has 28 heavy (non-hydrogen) atoms. The maximum atomic E-state index is 6.04. The van der Waals surface area contributed by atoms with Crippen LogP contribution in [0.1, 0.15) is 25.6 Å². The van der Waals surface area contributed by atoms with Crippen molar-refractivity contribution in [1.29, 1.82) is 0 Å². The van der Waals surface area contributed by atoms with Crippen molar-refractivity contribution in [1.82, 2.24) is 15.0 Å². The fourth-order valence-corrected chi connectivity index (χ4v) is 3.36. The first-order chi connectivity index (χ1) is 13.7. The van der Waals surface area contributed by atoms with Crippen molar-refractivity contribution in [2.24, 2.45) is 0 Å². The van der Waals surface area contributed by atoms with Crippen LogP contribution in [0.15, 0.2) is 77.2 Å². The lowest BCUT2D eigenvalue weighted by Gasteiger charge is -2.09. The summed E-state index contributed by atoms with van der Waals surface area (Å²) in [4.78, 5) is 14.2. The number of furan rings is 1. The number of benzene rings is 3. The summed E-state index contributed by atoms with van der Waals surface area (Å²) >= 11 is 0. The monoisotopic (exact) mass is 365 g/mol. The molecule has 0 aliphatic rings. The number of hydrogen-bond acceptors (Lipinski definition) is 4. The lowest BCUT2D eigenvalue weighted by molar-refractivity contribution is 0.669. The van der Waals surface area contributed by atoms with E-state index in [1.54, 1.807) is 0 Å². The van der Waals surface area contributed by atoms with E-state index in [-0.39, 0.29) is 5.92 Å². The highest BCUT2D eigenvalue weighted by atomic mass is 16.3. The molecule has 0 saturated heterocycles. The van der Waals surface area contributed by atoms with Gasteiger partial charge >= 0.3 is 0 Å². The van der Waals surface area contributed by atoms with Crippen LogP contribution < -0.4 is 0 Å². The maximum absolute atomic E-state index is 6.04. The molecule has 2 aromatic heterocycles. The van der Waals surface area contributed by atoms with Crippen LogP contribution in [0.4, 0.5) is 0 Å². The number of fused-ring (bicyclic) bond motifs is 3. The Kier molecular flexibility index (Phi) is 3.90. The van der Waals surface area contributed by atoms with Gasteiger partial charge in [0.2, 0.25) is 0 Å². The molecule has 0 amide bonds. The normalized spacial score (nSPS) is 11.5. The molecule has 3 aromatic carbocycles. The lowest BCUT2D eigenvalue weighted by Crippen LogP contribution is -2.04. The van der Waals surface area contributed by atoms with E-state index in [0.717, 1.165) is 38.9 Å². The van der Waals surface area contributed by atoms with E-state index in [2.05, 4.69) is 37.0 Å². The van der Waals surface area contributed by atoms with Crippen LogP contribution in [-0.4, -0.2) is 15.0 Å². The van der Waals surface area contributed by atoms with Gasteiger partial charge in [-0.3, -0.25) is 0 Å². The molecular weight excluding hydrogens is 346 g/mol. The van der Waals surface area contributed by atoms with Gasteiger partial charge in [0.1, 0.15) is 17.0 Å². The largest absolute Gasteiger partial charge is 0.456 e. The summed E-state index contributed by atoms with van der Waals surface area (Å²) in [6, 6.07) is 24.2. The molecule has 5 rings (SSSR count). The van der Waals surface area contributed by atoms with Gasteiger partial charge in [0.15, 0.2) is 11.6 Å². The van der Waals surface area contributed by atoms with Gasteiger partial charge in [-0.25, -0.2) is 15.0 Å². The third kappa shape index (κ3) is 2.83. The molecule has 136 valence electrons. The van der Waals surface area contributed by atoms with E-state index in [9.17, 15) is 0 Å². The SMILES string of the molecule is CC(C)c1nc(-c2ccccc2)nc(-c2ccc3c(c2)oc2ccccc23)n1. The standard InChI is InChI=1S/C24H19N3O/c1-15(2)22-25-23(16-8-4-3-5-9-16)27-24(26-22)17-12-13-19-18-10-6-7-11-20(18)28-21(19)14-17/h3-15H,1-2H3. The van der Waals surface area contributed by atoms with E-state index in [1.165, 1.54) is 0 Å². The molecule has 4 nitrogen and oxygen atoms in total. The highest BCUT2D eigenvalue weighted by Crippen LogP contribution is 2.32. The summed E-state index contributed by atoms with van der Waals surface area (Å²) < 4.78 is 6.04. The number of hydrogen-bond donors (Lipinski definition) is 0. The maximum Gasteiger partial charge on any atom is 0.163 e. The molecule has 0 bridgehead atoms. The van der Waals surface area contributed by atoms with Gasteiger partial charge in [0.05, 0.1) is 0 Å². The second kappa shape index (κ2) is 6.57. The van der Waals surface area contributed by atoms with Crippen LogP contribution in [0.3, 0.4) is 0 Å². The number of rotatable bonds is 3. The predicted molar refractivity (Wildman–Crippen MR) is 112 cm³/mol. The van der Waals surface area contributed by atoms with Crippen LogP contribution in [0, 0.1) is 0 Å². The Morgan fingerprint density at radius 1 is 0.643 bits per heavy atom. The van der Waals surface area contributed by atoms with Crippen LogP contribution in [0.2, 0.25) is 0 Å². The summed E-state index contributed by atoms with van der Waals surface area (Å²) in [6.07, 6.45) is 0. The topological polar surface area (TPSA) is 51.8 Å². The third-order valence-corrected chi connectivity index (χ3v) is 4.84. The van der Waals surface area contributed by atoms with E-state index >= 15 is 0 Å². The molecule has 0 radical (unpaired) electrons. The zero-order valence-electron chi connectivity index (χ0n) is 15.8. The Balaban J connectivity index is 1.69. The zero-order chi connectivity index (χ0) is 19.1. The minimum atomic E-state index is 0.208. The summed E-state index contributed by atoms with van der Waals surface area (Å²) in [6.45, 7) is 4.19. The molecule has 0 saturated carbocycles. The van der Waals surface area contributed by atoms with Crippen LogP contribution >= 0.6 is 0 Å². The minimum absolute atomic E-state index is 0.208. The van der Waals surface area contributed by atoms with E-state index in [1.807, 2.05) is 54.6 Å². The van der Waals surface area contributed by atoms with Crippen LogP contribution in [-0.2, 0) is 0 Å². The molecule has 0 aliphatic heterocycles. The van der Waals surface area contributed by atoms with Gasteiger partial charge in [-0.15, -0.1) is 0 Å². The molecule has 0 spiro atoms. The third-order valence-electron chi connectivity index (χ3n) is 4.84. The minimum Gasteiger partial charge on any atom is -0.456 e. The first kappa shape index (κ1) is 16.6. The smallest absolute Gasteiger partial charge is 0.163 e. The fourth-order valence-electron chi connectivity index (χ4n) is 3.36. The van der Waals surface area contributed by atoms with Crippen molar-refractivity contribution in [2.75, 3.05) is 0 Å². The summed E-state index contributed by atoms with van der Waals surface area (Å²) in [5, 5.41) is 2.22. The first-order valence-electron chi connectivity index (χ1n) is 9.42. The second-order valence-corrected chi connectivity index (χ2v) is 7.17.